The zero-order chi connectivity index (χ0) is 22.5. The molecule has 1 atom stereocenters. The van der Waals surface area contributed by atoms with E-state index in [0.29, 0.717) is 17.9 Å². The van der Waals surface area contributed by atoms with Gasteiger partial charge in [0.25, 0.3) is 5.56 Å². The molecule has 1 heterocycles. The van der Waals surface area contributed by atoms with Crippen LogP contribution in [-0.2, 0) is 0 Å². The first-order valence-electron chi connectivity index (χ1n) is 9.72. The monoisotopic (exact) mass is 414 g/mol. The van der Waals surface area contributed by atoms with E-state index in [-0.39, 0.29) is 16.7 Å². The third-order valence-electron chi connectivity index (χ3n) is 5.13. The Labute approximate surface area is 180 Å². The summed E-state index contributed by atoms with van der Waals surface area (Å²) in [7, 11) is 0. The number of ether oxygens (including phenoxy) is 1. The first kappa shape index (κ1) is 21.6. The lowest BCUT2D eigenvalue weighted by Crippen LogP contribution is -2.29. The largest absolute Gasteiger partial charge is 0.494 e. The molecular weight excluding hydrogens is 392 g/mol. The third-order valence-corrected chi connectivity index (χ3v) is 5.13. The van der Waals surface area contributed by atoms with Crippen LogP contribution in [0.3, 0.4) is 0 Å². The Bertz CT molecular complexity index is 1220. The van der Waals surface area contributed by atoms with Gasteiger partial charge in [-0.1, -0.05) is 43.0 Å². The predicted octanol–water partition coefficient (Wildman–Crippen LogP) is 4.14. The number of ketones is 1. The van der Waals surface area contributed by atoms with E-state index in [2.05, 4.69) is 6.58 Å². The average Bonchev–Trinajstić information content (AvgIpc) is 2.78. The van der Waals surface area contributed by atoms with E-state index >= 15 is 0 Å². The molecule has 0 aliphatic rings. The van der Waals surface area contributed by atoms with E-state index in [1.165, 1.54) is 6.92 Å². The molecule has 1 unspecified atom stereocenters. The Hall–Kier alpha value is -4.11. The quantitative estimate of drug-likeness (QED) is 0.463. The Morgan fingerprint density at radius 2 is 1.87 bits per heavy atom. The molecular formula is C25H22N2O4. The van der Waals surface area contributed by atoms with Crippen LogP contribution < -0.4 is 10.3 Å². The topological polar surface area (TPSA) is 92.3 Å². The molecule has 0 saturated carbocycles. The van der Waals surface area contributed by atoms with Crippen LogP contribution in [0, 0.1) is 18.3 Å². The van der Waals surface area contributed by atoms with Gasteiger partial charge in [-0.05, 0) is 49.2 Å². The van der Waals surface area contributed by atoms with Gasteiger partial charge in [-0.15, -0.1) is 0 Å². The molecule has 0 spiro atoms. The molecule has 156 valence electrons. The van der Waals surface area contributed by atoms with E-state index in [1.807, 2.05) is 36.4 Å². The number of hydrogen-bond donors (Lipinski definition) is 1. The number of carbonyl (C=O) groups excluding carboxylic acids is 1. The van der Waals surface area contributed by atoms with Crippen molar-refractivity contribution >= 4 is 5.78 Å². The summed E-state index contributed by atoms with van der Waals surface area (Å²) in [5, 5.41) is 20.6. The molecule has 1 aromatic heterocycles. The summed E-state index contributed by atoms with van der Waals surface area (Å²) < 4.78 is 6.52. The van der Waals surface area contributed by atoms with Gasteiger partial charge in [0.05, 0.1) is 11.6 Å². The second kappa shape index (κ2) is 9.14. The van der Waals surface area contributed by atoms with E-state index in [4.69, 9.17) is 4.74 Å². The van der Waals surface area contributed by atoms with Crippen molar-refractivity contribution in [1.29, 1.82) is 5.26 Å². The van der Waals surface area contributed by atoms with Gasteiger partial charge in [-0.25, -0.2) is 0 Å². The van der Waals surface area contributed by atoms with Crippen molar-refractivity contribution < 1.29 is 14.6 Å². The van der Waals surface area contributed by atoms with Gasteiger partial charge in [0, 0.05) is 5.56 Å². The summed E-state index contributed by atoms with van der Waals surface area (Å²) in [6, 6.07) is 16.8. The highest BCUT2D eigenvalue weighted by molar-refractivity contribution is 6.11. The molecule has 1 N–H and O–H groups in total. The minimum Gasteiger partial charge on any atom is -0.494 e. The number of aromatic hydroxyl groups is 1. The van der Waals surface area contributed by atoms with Crippen molar-refractivity contribution in [2.75, 3.05) is 6.61 Å². The van der Waals surface area contributed by atoms with Crippen molar-refractivity contribution in [1.82, 2.24) is 4.57 Å². The number of hydrogen-bond acceptors (Lipinski definition) is 5. The van der Waals surface area contributed by atoms with E-state index in [0.717, 1.165) is 10.1 Å². The van der Waals surface area contributed by atoms with Gasteiger partial charge < -0.3 is 9.84 Å². The molecule has 0 amide bonds. The van der Waals surface area contributed by atoms with Gasteiger partial charge in [-0.2, -0.15) is 5.26 Å². The maximum atomic E-state index is 13.3. The Morgan fingerprint density at radius 1 is 1.23 bits per heavy atom. The van der Waals surface area contributed by atoms with Crippen molar-refractivity contribution in [3.05, 3.63) is 105 Å². The van der Waals surface area contributed by atoms with Crippen molar-refractivity contribution in [2.24, 2.45) is 0 Å². The van der Waals surface area contributed by atoms with Gasteiger partial charge >= 0.3 is 0 Å². The lowest BCUT2D eigenvalue weighted by atomic mass is 9.96. The van der Waals surface area contributed by atoms with Crippen LogP contribution >= 0.6 is 0 Å². The number of pyridine rings is 1. The third kappa shape index (κ3) is 4.12. The molecule has 3 aromatic rings. The molecule has 0 bridgehead atoms. The van der Waals surface area contributed by atoms with Crippen LogP contribution in [-0.4, -0.2) is 22.1 Å². The summed E-state index contributed by atoms with van der Waals surface area (Å²) in [5.74, 6) is -0.386. The maximum absolute atomic E-state index is 13.3. The second-order valence-corrected chi connectivity index (χ2v) is 7.03. The van der Waals surface area contributed by atoms with Gasteiger partial charge in [0.15, 0.2) is 5.78 Å². The second-order valence-electron chi connectivity index (χ2n) is 7.03. The number of benzene rings is 2. The van der Waals surface area contributed by atoms with Crippen LogP contribution in [0.15, 0.2) is 72.0 Å². The number of carbonyl (C=O) groups is 1. The zero-order valence-corrected chi connectivity index (χ0v) is 17.3. The molecule has 0 fully saturated rings. The highest BCUT2D eigenvalue weighted by Crippen LogP contribution is 2.29. The smallest absolute Gasteiger partial charge is 0.272 e. The molecule has 6 heteroatoms. The summed E-state index contributed by atoms with van der Waals surface area (Å²) in [6.45, 7) is 7.14. The van der Waals surface area contributed by atoms with Gasteiger partial charge in [0.1, 0.15) is 24.0 Å². The lowest BCUT2D eigenvalue weighted by molar-refractivity contribution is 0.103. The van der Waals surface area contributed by atoms with Crippen LogP contribution in [0.2, 0.25) is 0 Å². The zero-order valence-electron chi connectivity index (χ0n) is 17.3. The highest BCUT2D eigenvalue weighted by atomic mass is 16.5. The summed E-state index contributed by atoms with van der Waals surface area (Å²) in [6.07, 6.45) is 1.61. The molecule has 6 nitrogen and oxygen atoms in total. The van der Waals surface area contributed by atoms with E-state index in [9.17, 15) is 20.0 Å². The molecule has 0 radical (unpaired) electrons. The number of nitrogens with zero attached hydrogens (tertiary/aromatic N) is 2. The predicted molar refractivity (Wildman–Crippen MR) is 118 cm³/mol. The van der Waals surface area contributed by atoms with Crippen molar-refractivity contribution in [2.45, 2.75) is 19.9 Å². The Morgan fingerprint density at radius 3 is 2.45 bits per heavy atom. The lowest BCUT2D eigenvalue weighted by Gasteiger charge is -2.21. The fourth-order valence-corrected chi connectivity index (χ4v) is 3.44. The average molecular weight is 414 g/mol. The Kier molecular flexibility index (Phi) is 6.37. The fourth-order valence-electron chi connectivity index (χ4n) is 3.44. The molecule has 0 aliphatic heterocycles. The molecule has 3 rings (SSSR count). The van der Waals surface area contributed by atoms with Crippen molar-refractivity contribution in [3.63, 3.8) is 0 Å². The fraction of sp³-hybridized carbons (Fsp3) is 0.160. The highest BCUT2D eigenvalue weighted by Gasteiger charge is 2.27. The number of rotatable bonds is 7. The SMILES string of the molecule is C=CCOc1ccc(C(=O)c2c(C)c(C#N)c(=O)n(C(C)c3ccccc3)c2O)cc1. The number of nitriles is 1. The van der Waals surface area contributed by atoms with Crippen LogP contribution in [0.4, 0.5) is 0 Å². The molecule has 0 saturated heterocycles. The minimum absolute atomic E-state index is 0.0707. The van der Waals surface area contributed by atoms with E-state index in [1.54, 1.807) is 37.3 Å². The van der Waals surface area contributed by atoms with Gasteiger partial charge in [-0.3, -0.25) is 14.2 Å². The van der Waals surface area contributed by atoms with Gasteiger partial charge in [0.2, 0.25) is 5.88 Å². The summed E-state index contributed by atoms with van der Waals surface area (Å²) >= 11 is 0. The van der Waals surface area contributed by atoms with E-state index < -0.39 is 23.3 Å². The molecule has 2 aromatic carbocycles. The minimum atomic E-state index is -0.640. The normalized spacial score (nSPS) is 11.4. The first-order valence-corrected chi connectivity index (χ1v) is 9.72. The molecule has 31 heavy (non-hydrogen) atoms. The van der Waals surface area contributed by atoms with Crippen LogP contribution in [0.25, 0.3) is 0 Å². The molecule has 0 aliphatic carbocycles. The summed E-state index contributed by atoms with van der Waals surface area (Å²) in [4.78, 5) is 26.2. The standard InChI is InChI=1S/C25H22N2O4/c1-4-14-31-20-12-10-19(11-13-20)23(28)22-16(2)21(15-26)24(29)27(25(22)30)17(3)18-8-6-5-7-9-18/h4-13,17,30H,1,14H2,2-3H3. The first-order chi connectivity index (χ1) is 14.9. The maximum Gasteiger partial charge on any atom is 0.272 e. The van der Waals surface area contributed by atoms with Crippen molar-refractivity contribution in [3.8, 4) is 17.7 Å². The number of aromatic nitrogens is 1. The Balaban J connectivity index is 2.14. The van der Waals surface area contributed by atoms with Crippen LogP contribution in [0.1, 0.15) is 45.6 Å². The van der Waals surface area contributed by atoms with Crippen LogP contribution in [0.5, 0.6) is 11.6 Å². The summed E-state index contributed by atoms with van der Waals surface area (Å²) in [5.41, 5.74) is 0.325.